The van der Waals surface area contributed by atoms with Gasteiger partial charge in [0.15, 0.2) is 5.78 Å². The molecule has 0 spiro atoms. The van der Waals surface area contributed by atoms with Gasteiger partial charge in [0.05, 0.1) is 0 Å². The zero-order chi connectivity index (χ0) is 11.4. The molecule has 1 aromatic carbocycles. The van der Waals surface area contributed by atoms with Gasteiger partial charge in [-0.15, -0.1) is 0 Å². The average molecular weight is 213 g/mol. The van der Waals surface area contributed by atoms with Gasteiger partial charge in [-0.1, -0.05) is 36.4 Å². The summed E-state index contributed by atoms with van der Waals surface area (Å²) in [5, 5.41) is 3.40. The topological polar surface area (TPSA) is 29.1 Å². The van der Waals surface area contributed by atoms with Crippen molar-refractivity contribution in [1.29, 1.82) is 0 Å². The molecule has 0 heterocycles. The molecular formula is C14H15NO. The molecule has 0 unspecified atom stereocenters. The summed E-state index contributed by atoms with van der Waals surface area (Å²) in [5.41, 5.74) is 2.32. The van der Waals surface area contributed by atoms with Gasteiger partial charge >= 0.3 is 0 Å². The summed E-state index contributed by atoms with van der Waals surface area (Å²) < 4.78 is 0. The summed E-state index contributed by atoms with van der Waals surface area (Å²) >= 11 is 0. The molecule has 0 fully saturated rings. The summed E-state index contributed by atoms with van der Waals surface area (Å²) in [6.07, 6.45) is 5.22. The first-order chi connectivity index (χ1) is 7.75. The van der Waals surface area contributed by atoms with Crippen LogP contribution in [0.2, 0.25) is 0 Å². The molecule has 16 heavy (non-hydrogen) atoms. The van der Waals surface area contributed by atoms with E-state index in [1.807, 2.05) is 31.2 Å². The van der Waals surface area contributed by atoms with Crippen molar-refractivity contribution in [3.05, 3.63) is 59.7 Å². The van der Waals surface area contributed by atoms with Gasteiger partial charge in [0.25, 0.3) is 0 Å². The summed E-state index contributed by atoms with van der Waals surface area (Å²) in [5.74, 6) is 0.0789. The third-order valence-electron chi connectivity index (χ3n) is 2.68. The summed E-state index contributed by atoms with van der Waals surface area (Å²) in [7, 11) is 0. The van der Waals surface area contributed by atoms with Gasteiger partial charge in [0, 0.05) is 12.6 Å². The fourth-order valence-electron chi connectivity index (χ4n) is 1.76. The van der Waals surface area contributed by atoms with E-state index in [2.05, 4.69) is 17.4 Å². The fraction of sp³-hybridized carbons (Fsp3) is 0.214. The van der Waals surface area contributed by atoms with E-state index in [0.29, 0.717) is 0 Å². The van der Waals surface area contributed by atoms with Crippen LogP contribution < -0.4 is 5.32 Å². The van der Waals surface area contributed by atoms with Gasteiger partial charge in [-0.25, -0.2) is 0 Å². The average Bonchev–Trinajstić information content (AvgIpc) is 2.29. The summed E-state index contributed by atoms with van der Waals surface area (Å²) in [4.78, 5) is 11.1. The third kappa shape index (κ3) is 2.67. The van der Waals surface area contributed by atoms with Crippen LogP contribution in [0.25, 0.3) is 0 Å². The maximum atomic E-state index is 11.1. The number of carbonyl (C=O) groups excluding carboxylic acids is 1. The van der Waals surface area contributed by atoms with Gasteiger partial charge in [-0.05, 0) is 30.2 Å². The number of carbonyl (C=O) groups is 1. The molecule has 0 bridgehead atoms. The highest BCUT2D eigenvalue weighted by Gasteiger charge is 2.11. The smallest absolute Gasteiger partial charge is 0.178 e. The summed E-state index contributed by atoms with van der Waals surface area (Å²) in [6, 6.07) is 10.4. The minimum atomic E-state index is 0.0789. The largest absolute Gasteiger partial charge is 0.303 e. The Morgan fingerprint density at radius 3 is 2.69 bits per heavy atom. The first kappa shape index (κ1) is 10.8. The monoisotopic (exact) mass is 213 g/mol. The predicted molar refractivity (Wildman–Crippen MR) is 65.0 cm³/mol. The molecule has 0 saturated heterocycles. The van der Waals surface area contributed by atoms with E-state index < -0.39 is 0 Å². The van der Waals surface area contributed by atoms with Crippen LogP contribution in [0.4, 0.5) is 0 Å². The lowest BCUT2D eigenvalue weighted by atomic mass is 10.0. The van der Waals surface area contributed by atoms with Crippen LogP contribution >= 0.6 is 0 Å². The van der Waals surface area contributed by atoms with E-state index in [4.69, 9.17) is 0 Å². The number of ketones is 1. The Morgan fingerprint density at radius 1 is 1.25 bits per heavy atom. The fourth-order valence-corrected chi connectivity index (χ4v) is 1.76. The van der Waals surface area contributed by atoms with Crippen LogP contribution in [-0.2, 0) is 11.3 Å². The molecule has 1 aliphatic carbocycles. The van der Waals surface area contributed by atoms with Gasteiger partial charge in [-0.3, -0.25) is 4.79 Å². The molecule has 2 heteroatoms. The zero-order valence-electron chi connectivity index (χ0n) is 9.31. The number of allylic oxidation sites excluding steroid dienone is 2. The Labute approximate surface area is 95.7 Å². The lowest BCUT2D eigenvalue weighted by Gasteiger charge is -2.18. The molecule has 2 nitrogen and oxygen atoms in total. The SMILES string of the molecule is CC1=CC(=O)C=C[C@H]1NCc1ccccc1. The second-order valence-electron chi connectivity index (χ2n) is 3.99. The molecule has 1 N–H and O–H groups in total. The minimum absolute atomic E-state index is 0.0789. The normalized spacial score (nSPS) is 19.7. The second-order valence-corrected chi connectivity index (χ2v) is 3.99. The maximum absolute atomic E-state index is 11.1. The van der Waals surface area contributed by atoms with Crippen molar-refractivity contribution in [3.63, 3.8) is 0 Å². The van der Waals surface area contributed by atoms with Crippen LogP contribution in [0.3, 0.4) is 0 Å². The number of nitrogens with one attached hydrogen (secondary N) is 1. The van der Waals surface area contributed by atoms with E-state index in [-0.39, 0.29) is 11.8 Å². The number of benzene rings is 1. The molecule has 1 aliphatic rings. The molecule has 82 valence electrons. The van der Waals surface area contributed by atoms with Crippen LogP contribution in [0.1, 0.15) is 12.5 Å². The number of rotatable bonds is 3. The van der Waals surface area contributed by atoms with Crippen molar-refractivity contribution in [1.82, 2.24) is 5.32 Å². The van der Waals surface area contributed by atoms with Crippen LogP contribution in [0.15, 0.2) is 54.1 Å². The number of hydrogen-bond donors (Lipinski definition) is 1. The highest BCUT2D eigenvalue weighted by Crippen LogP contribution is 2.10. The van der Waals surface area contributed by atoms with Gasteiger partial charge in [0.2, 0.25) is 0 Å². The molecule has 0 amide bonds. The van der Waals surface area contributed by atoms with Crippen molar-refractivity contribution in [2.45, 2.75) is 19.5 Å². The molecule has 0 radical (unpaired) electrons. The quantitative estimate of drug-likeness (QED) is 0.834. The Hall–Kier alpha value is -1.67. The third-order valence-corrected chi connectivity index (χ3v) is 2.68. The van der Waals surface area contributed by atoms with Gasteiger partial charge in [-0.2, -0.15) is 0 Å². The van der Waals surface area contributed by atoms with E-state index in [0.717, 1.165) is 12.1 Å². The Bertz CT molecular complexity index is 431. The lowest BCUT2D eigenvalue weighted by molar-refractivity contribution is -0.110. The first-order valence-corrected chi connectivity index (χ1v) is 5.43. The van der Waals surface area contributed by atoms with Crippen molar-refractivity contribution in [2.75, 3.05) is 0 Å². The molecule has 0 aromatic heterocycles. The van der Waals surface area contributed by atoms with E-state index in [9.17, 15) is 4.79 Å². The number of hydrogen-bond acceptors (Lipinski definition) is 2. The molecule has 0 aliphatic heterocycles. The Balaban J connectivity index is 1.94. The Morgan fingerprint density at radius 2 is 2.00 bits per heavy atom. The Kier molecular flexibility index (Phi) is 3.32. The highest BCUT2D eigenvalue weighted by molar-refractivity contribution is 6.01. The minimum Gasteiger partial charge on any atom is -0.303 e. The lowest BCUT2D eigenvalue weighted by Crippen LogP contribution is -2.29. The van der Waals surface area contributed by atoms with Crippen molar-refractivity contribution in [3.8, 4) is 0 Å². The predicted octanol–water partition coefficient (Wildman–Crippen LogP) is 2.23. The van der Waals surface area contributed by atoms with E-state index in [1.54, 1.807) is 12.2 Å². The van der Waals surface area contributed by atoms with E-state index >= 15 is 0 Å². The van der Waals surface area contributed by atoms with Crippen LogP contribution in [0.5, 0.6) is 0 Å². The molecule has 1 atom stereocenters. The zero-order valence-corrected chi connectivity index (χ0v) is 9.31. The first-order valence-electron chi connectivity index (χ1n) is 5.43. The summed E-state index contributed by atoms with van der Waals surface area (Å²) in [6.45, 7) is 2.79. The van der Waals surface area contributed by atoms with Crippen LogP contribution in [0, 0.1) is 0 Å². The highest BCUT2D eigenvalue weighted by atomic mass is 16.1. The molecule has 0 saturated carbocycles. The van der Waals surface area contributed by atoms with Crippen molar-refractivity contribution in [2.24, 2.45) is 0 Å². The molecule has 1 aromatic rings. The van der Waals surface area contributed by atoms with Gasteiger partial charge < -0.3 is 5.32 Å². The standard InChI is InChI=1S/C14H15NO/c1-11-9-13(16)7-8-14(11)15-10-12-5-3-2-4-6-12/h2-9,14-15H,10H2,1H3/t14-/m1/s1. The van der Waals surface area contributed by atoms with Gasteiger partial charge in [0.1, 0.15) is 0 Å². The van der Waals surface area contributed by atoms with Crippen molar-refractivity contribution >= 4 is 5.78 Å². The second kappa shape index (κ2) is 4.90. The molecular weight excluding hydrogens is 198 g/mol. The van der Waals surface area contributed by atoms with E-state index in [1.165, 1.54) is 5.56 Å². The maximum Gasteiger partial charge on any atom is 0.178 e. The molecule has 2 rings (SSSR count). The van der Waals surface area contributed by atoms with Crippen LogP contribution in [-0.4, -0.2) is 11.8 Å². The van der Waals surface area contributed by atoms with Crippen molar-refractivity contribution < 1.29 is 4.79 Å².